The highest BCUT2D eigenvalue weighted by Gasteiger charge is 2.38. The van der Waals surface area contributed by atoms with Gasteiger partial charge in [-0.05, 0) is 25.0 Å². The normalized spacial score (nSPS) is 20.5. The molecule has 0 aromatic carbocycles. The van der Waals surface area contributed by atoms with E-state index in [9.17, 15) is 4.79 Å². The Bertz CT molecular complexity index is 576. The number of hydrogen-bond acceptors (Lipinski definition) is 4. The summed E-state index contributed by atoms with van der Waals surface area (Å²) in [6, 6.07) is 3.67. The van der Waals surface area contributed by atoms with Crippen molar-refractivity contribution >= 4 is 23.6 Å². The van der Waals surface area contributed by atoms with Crippen LogP contribution in [0.15, 0.2) is 27.8 Å². The van der Waals surface area contributed by atoms with E-state index < -0.39 is 0 Å². The number of hydrogen-bond donors (Lipinski definition) is 2. The summed E-state index contributed by atoms with van der Waals surface area (Å²) in [6.07, 6.45) is 8.25. The molecule has 0 atom stereocenters. The van der Waals surface area contributed by atoms with Gasteiger partial charge < -0.3 is 20.0 Å². The van der Waals surface area contributed by atoms with Crippen molar-refractivity contribution < 1.29 is 9.21 Å². The van der Waals surface area contributed by atoms with Gasteiger partial charge in [0.25, 0.3) is 0 Å². The molecule has 1 saturated carbocycles. The molecule has 3 rings (SSSR count). The fourth-order valence-electron chi connectivity index (χ4n) is 3.68. The Morgan fingerprint density at radius 1 is 1.36 bits per heavy atom. The molecule has 7 heteroatoms. The Balaban J connectivity index is 1.47. The maximum absolute atomic E-state index is 12.0. The van der Waals surface area contributed by atoms with Crippen LogP contribution in [0.25, 0.3) is 0 Å². The van der Waals surface area contributed by atoms with Gasteiger partial charge in [-0.15, -0.1) is 0 Å². The number of nitrogens with zero attached hydrogens (tertiary/aromatic N) is 2. The highest BCUT2D eigenvalue weighted by atomic mass is 32.2. The molecule has 2 aliphatic rings. The summed E-state index contributed by atoms with van der Waals surface area (Å²) in [4.78, 5) is 18.8. The second-order valence-corrected chi connectivity index (χ2v) is 8.33. The smallest absolute Gasteiger partial charge is 0.239 e. The minimum absolute atomic E-state index is 0.0590. The zero-order chi connectivity index (χ0) is 17.5. The van der Waals surface area contributed by atoms with Crippen molar-refractivity contribution in [3.8, 4) is 0 Å². The zero-order valence-corrected chi connectivity index (χ0v) is 15.7. The van der Waals surface area contributed by atoms with Crippen molar-refractivity contribution in [1.29, 1.82) is 0 Å². The van der Waals surface area contributed by atoms with Gasteiger partial charge >= 0.3 is 0 Å². The molecule has 2 N–H and O–H groups in total. The molecule has 1 aromatic heterocycles. The minimum atomic E-state index is -0.0590. The molecule has 2 heterocycles. The summed E-state index contributed by atoms with van der Waals surface area (Å²) in [6.45, 7) is 2.66. The molecule has 1 aromatic rings. The molecule has 0 radical (unpaired) electrons. The Kier molecular flexibility index (Phi) is 6.29. The maximum atomic E-state index is 12.0. The van der Waals surface area contributed by atoms with Crippen molar-refractivity contribution in [2.45, 2.75) is 43.4 Å². The van der Waals surface area contributed by atoms with Crippen LogP contribution in [0.2, 0.25) is 0 Å². The zero-order valence-electron chi connectivity index (χ0n) is 14.9. The molecule has 0 bridgehead atoms. The lowest BCUT2D eigenvalue weighted by Gasteiger charge is -2.45. The van der Waals surface area contributed by atoms with Crippen molar-refractivity contribution in [2.75, 3.05) is 32.4 Å². The van der Waals surface area contributed by atoms with Gasteiger partial charge in [0.1, 0.15) is 5.76 Å². The highest BCUT2D eigenvalue weighted by molar-refractivity contribution is 8.00. The van der Waals surface area contributed by atoms with E-state index in [1.54, 1.807) is 13.3 Å². The third kappa shape index (κ3) is 4.93. The van der Waals surface area contributed by atoms with Crippen LogP contribution < -0.4 is 10.6 Å². The first kappa shape index (κ1) is 18.2. The molecule has 138 valence electrons. The van der Waals surface area contributed by atoms with Crippen LogP contribution in [-0.4, -0.2) is 53.9 Å². The molecule has 1 amide bonds. The van der Waals surface area contributed by atoms with Crippen molar-refractivity contribution in [3.63, 3.8) is 0 Å². The number of amides is 1. The Morgan fingerprint density at radius 2 is 2.20 bits per heavy atom. The largest absolute Gasteiger partial charge is 0.467 e. The van der Waals surface area contributed by atoms with Gasteiger partial charge in [0.05, 0.1) is 19.4 Å². The first-order valence-corrected chi connectivity index (χ1v) is 10.1. The first-order chi connectivity index (χ1) is 12.2. The van der Waals surface area contributed by atoms with E-state index in [1.807, 2.05) is 12.1 Å². The molecule has 2 fully saturated rings. The molecule has 25 heavy (non-hydrogen) atoms. The van der Waals surface area contributed by atoms with Gasteiger partial charge in [-0.1, -0.05) is 19.3 Å². The van der Waals surface area contributed by atoms with E-state index >= 15 is 0 Å². The summed E-state index contributed by atoms with van der Waals surface area (Å²) in [5.74, 6) is 2.66. The molecule has 1 aliphatic heterocycles. The first-order valence-electron chi connectivity index (χ1n) is 9.09. The monoisotopic (exact) mass is 364 g/mol. The SMILES string of the molecule is CN=C(NCC(=O)NCc1ccco1)N1CCSC2(CCCCC2)C1. The molecular formula is C18H28N4O2S. The van der Waals surface area contributed by atoms with Crippen molar-refractivity contribution in [3.05, 3.63) is 24.2 Å². The fourth-order valence-corrected chi connectivity index (χ4v) is 5.25. The van der Waals surface area contributed by atoms with Crippen LogP contribution in [0.1, 0.15) is 37.9 Å². The summed E-state index contributed by atoms with van der Waals surface area (Å²) in [7, 11) is 1.79. The Hall–Kier alpha value is -1.63. The number of carbonyl (C=O) groups excluding carboxylic acids is 1. The number of rotatable bonds is 4. The van der Waals surface area contributed by atoms with Gasteiger partial charge in [-0.25, -0.2) is 0 Å². The topological polar surface area (TPSA) is 69.9 Å². The Labute approximate surface area is 153 Å². The second kappa shape index (κ2) is 8.65. The summed E-state index contributed by atoms with van der Waals surface area (Å²) >= 11 is 2.13. The minimum Gasteiger partial charge on any atom is -0.467 e. The average Bonchev–Trinajstić information content (AvgIpc) is 3.15. The van der Waals surface area contributed by atoms with Crippen LogP contribution in [0.3, 0.4) is 0 Å². The van der Waals surface area contributed by atoms with E-state index in [0.29, 0.717) is 11.3 Å². The lowest BCUT2D eigenvalue weighted by Crippen LogP contribution is -2.54. The number of aliphatic imine (C=N–C) groups is 1. The van der Waals surface area contributed by atoms with Crippen LogP contribution >= 0.6 is 11.8 Å². The summed E-state index contributed by atoms with van der Waals surface area (Å²) < 4.78 is 5.60. The molecule has 1 spiro atoms. The van der Waals surface area contributed by atoms with Crippen LogP contribution in [-0.2, 0) is 11.3 Å². The quantitative estimate of drug-likeness (QED) is 0.633. The van der Waals surface area contributed by atoms with Crippen molar-refractivity contribution in [1.82, 2.24) is 15.5 Å². The molecular weight excluding hydrogens is 336 g/mol. The number of carbonyl (C=O) groups is 1. The number of thioether (sulfide) groups is 1. The number of nitrogens with one attached hydrogen (secondary N) is 2. The summed E-state index contributed by atoms with van der Waals surface area (Å²) in [5.41, 5.74) is 0. The standard InChI is InChI=1S/C18H28N4O2S/c1-19-17(21-13-16(23)20-12-15-6-5-10-24-15)22-9-11-25-18(14-22)7-3-2-4-8-18/h5-6,10H,2-4,7-9,11-14H2,1H3,(H,19,21)(H,20,23). The maximum Gasteiger partial charge on any atom is 0.239 e. The van der Waals surface area contributed by atoms with E-state index in [2.05, 4.69) is 32.3 Å². The van der Waals surface area contributed by atoms with Crippen LogP contribution in [0.4, 0.5) is 0 Å². The highest BCUT2D eigenvalue weighted by Crippen LogP contribution is 2.42. The third-order valence-electron chi connectivity index (χ3n) is 4.97. The average molecular weight is 365 g/mol. The van der Waals surface area contributed by atoms with Crippen LogP contribution in [0.5, 0.6) is 0 Å². The molecule has 0 unspecified atom stereocenters. The van der Waals surface area contributed by atoms with Gasteiger partial charge in [0.2, 0.25) is 5.91 Å². The van der Waals surface area contributed by atoms with E-state index in [1.165, 1.54) is 32.1 Å². The summed E-state index contributed by atoms with van der Waals surface area (Å²) in [5, 5.41) is 6.07. The van der Waals surface area contributed by atoms with Gasteiger partial charge in [-0.2, -0.15) is 11.8 Å². The fraction of sp³-hybridized carbons (Fsp3) is 0.667. The predicted octanol–water partition coefficient (Wildman–Crippen LogP) is 2.22. The Morgan fingerprint density at radius 3 is 2.92 bits per heavy atom. The van der Waals surface area contributed by atoms with E-state index in [4.69, 9.17) is 4.42 Å². The molecule has 6 nitrogen and oxygen atoms in total. The van der Waals surface area contributed by atoms with Gasteiger partial charge in [0.15, 0.2) is 5.96 Å². The van der Waals surface area contributed by atoms with Gasteiger partial charge in [0, 0.05) is 30.6 Å². The predicted molar refractivity (Wildman–Crippen MR) is 102 cm³/mol. The molecule has 1 saturated heterocycles. The molecule has 1 aliphatic carbocycles. The van der Waals surface area contributed by atoms with E-state index in [0.717, 1.165) is 30.6 Å². The second-order valence-electron chi connectivity index (χ2n) is 6.77. The third-order valence-corrected chi connectivity index (χ3v) is 6.51. The lowest BCUT2D eigenvalue weighted by molar-refractivity contribution is -0.120. The van der Waals surface area contributed by atoms with E-state index in [-0.39, 0.29) is 12.5 Å². The number of furan rings is 1. The van der Waals surface area contributed by atoms with Crippen molar-refractivity contribution in [2.24, 2.45) is 4.99 Å². The van der Waals surface area contributed by atoms with Gasteiger partial charge in [-0.3, -0.25) is 9.79 Å². The number of guanidine groups is 1. The lowest BCUT2D eigenvalue weighted by atomic mass is 9.87. The van der Waals surface area contributed by atoms with Crippen LogP contribution in [0, 0.1) is 0 Å².